The van der Waals surface area contributed by atoms with E-state index in [0.29, 0.717) is 6.04 Å². The van der Waals surface area contributed by atoms with Gasteiger partial charge in [0.25, 0.3) is 0 Å². The Morgan fingerprint density at radius 1 is 1.50 bits per heavy atom. The molecule has 1 saturated heterocycles. The summed E-state index contributed by atoms with van der Waals surface area (Å²) in [5.74, 6) is 0. The smallest absolute Gasteiger partial charge is 0.0449 e. The quantitative estimate of drug-likeness (QED) is 0.512. The molecule has 0 radical (unpaired) electrons. The second-order valence-electron chi connectivity index (χ2n) is 3.89. The molecule has 1 unspecified atom stereocenters. The largest absolute Gasteiger partial charge is 0.398 e. The molecule has 1 fully saturated rings. The first-order valence-corrected chi connectivity index (χ1v) is 5.51. The van der Waals surface area contributed by atoms with E-state index in [1.807, 2.05) is 6.07 Å². The number of nitrogen functional groups attached to an aromatic ring is 1. The first kappa shape index (κ1) is 9.87. The van der Waals surface area contributed by atoms with Gasteiger partial charge in [-0.3, -0.25) is 0 Å². The lowest BCUT2D eigenvalue weighted by atomic mass is 10.0. The molecule has 0 spiro atoms. The van der Waals surface area contributed by atoms with Gasteiger partial charge in [-0.1, -0.05) is 6.07 Å². The first-order valence-electron chi connectivity index (χ1n) is 5.06. The number of nitrogens with one attached hydrogen (secondary N) is 1. The van der Waals surface area contributed by atoms with Gasteiger partial charge in [0, 0.05) is 16.6 Å². The molecule has 0 saturated carbocycles. The van der Waals surface area contributed by atoms with Crippen molar-refractivity contribution in [3.63, 3.8) is 0 Å². The lowest BCUT2D eigenvalue weighted by Crippen LogP contribution is -2.23. The van der Waals surface area contributed by atoms with Crippen molar-refractivity contribution >= 4 is 18.3 Å². The van der Waals surface area contributed by atoms with Crippen LogP contribution in [0.2, 0.25) is 0 Å². The van der Waals surface area contributed by atoms with E-state index in [0.717, 1.165) is 23.5 Å². The molecule has 2 rings (SSSR count). The molecule has 14 heavy (non-hydrogen) atoms. The molecule has 0 aliphatic carbocycles. The average Bonchev–Trinajstić information content (AvgIpc) is 2.64. The topological polar surface area (TPSA) is 38.0 Å². The lowest BCUT2D eigenvalue weighted by Gasteiger charge is -2.10. The van der Waals surface area contributed by atoms with Gasteiger partial charge in [0.1, 0.15) is 0 Å². The Balaban J connectivity index is 2.05. The van der Waals surface area contributed by atoms with Gasteiger partial charge >= 0.3 is 0 Å². The molecule has 1 aliphatic rings. The van der Waals surface area contributed by atoms with Crippen molar-refractivity contribution in [2.45, 2.75) is 30.2 Å². The number of benzene rings is 1. The molecule has 76 valence electrons. The summed E-state index contributed by atoms with van der Waals surface area (Å²) in [5.41, 5.74) is 7.79. The fourth-order valence-corrected chi connectivity index (χ4v) is 2.17. The van der Waals surface area contributed by atoms with Gasteiger partial charge in [-0.15, -0.1) is 12.6 Å². The zero-order valence-electron chi connectivity index (χ0n) is 8.16. The second-order valence-corrected chi connectivity index (χ2v) is 4.37. The Hall–Kier alpha value is -0.670. The molecule has 0 amide bonds. The minimum absolute atomic E-state index is 0.645. The highest BCUT2D eigenvalue weighted by Gasteiger charge is 2.14. The molecule has 1 heterocycles. The van der Waals surface area contributed by atoms with E-state index < -0.39 is 0 Å². The summed E-state index contributed by atoms with van der Waals surface area (Å²) in [6.07, 6.45) is 3.67. The normalized spacial score (nSPS) is 21.4. The third-order valence-corrected chi connectivity index (χ3v) is 3.13. The summed E-state index contributed by atoms with van der Waals surface area (Å²) in [6, 6.07) is 6.74. The van der Waals surface area contributed by atoms with Crippen LogP contribution in [0.3, 0.4) is 0 Å². The average molecular weight is 208 g/mol. The van der Waals surface area contributed by atoms with Gasteiger partial charge < -0.3 is 11.1 Å². The number of hydrogen-bond donors (Lipinski definition) is 3. The molecule has 3 N–H and O–H groups in total. The van der Waals surface area contributed by atoms with E-state index in [2.05, 4.69) is 30.1 Å². The summed E-state index contributed by atoms with van der Waals surface area (Å²) in [5, 5.41) is 3.48. The fourth-order valence-electron chi connectivity index (χ4n) is 1.93. The van der Waals surface area contributed by atoms with E-state index in [-0.39, 0.29) is 0 Å². The highest BCUT2D eigenvalue weighted by atomic mass is 32.1. The predicted molar refractivity (Wildman–Crippen MR) is 62.8 cm³/mol. The maximum atomic E-state index is 5.70. The zero-order chi connectivity index (χ0) is 9.97. The van der Waals surface area contributed by atoms with Crippen LogP contribution in [0.5, 0.6) is 0 Å². The van der Waals surface area contributed by atoms with Gasteiger partial charge in [0.15, 0.2) is 0 Å². The Labute approximate surface area is 90.3 Å². The molecule has 0 aromatic heterocycles. The number of nitrogens with two attached hydrogens (primary N) is 1. The van der Waals surface area contributed by atoms with E-state index in [9.17, 15) is 0 Å². The van der Waals surface area contributed by atoms with Crippen LogP contribution < -0.4 is 11.1 Å². The second kappa shape index (κ2) is 4.24. The van der Waals surface area contributed by atoms with Crippen molar-refractivity contribution in [2.75, 3.05) is 12.3 Å². The van der Waals surface area contributed by atoms with E-state index >= 15 is 0 Å². The first-order chi connectivity index (χ1) is 6.75. The third-order valence-electron chi connectivity index (χ3n) is 2.74. The fraction of sp³-hybridized carbons (Fsp3) is 0.455. The number of anilines is 1. The predicted octanol–water partition coefficient (Wildman–Crippen LogP) is 1.85. The summed E-state index contributed by atoms with van der Waals surface area (Å²) in [6.45, 7) is 1.16. The van der Waals surface area contributed by atoms with Gasteiger partial charge in [-0.25, -0.2) is 0 Å². The Morgan fingerprint density at radius 2 is 2.36 bits per heavy atom. The number of thiol groups is 1. The Morgan fingerprint density at radius 3 is 3.00 bits per heavy atom. The molecular formula is C11H16N2S. The molecule has 1 aromatic rings. The zero-order valence-corrected chi connectivity index (χ0v) is 9.06. The number of rotatable bonds is 2. The van der Waals surface area contributed by atoms with Crippen LogP contribution in [0.1, 0.15) is 18.4 Å². The minimum atomic E-state index is 0.645. The van der Waals surface area contributed by atoms with Gasteiger partial charge in [-0.2, -0.15) is 0 Å². The van der Waals surface area contributed by atoms with Crippen molar-refractivity contribution in [3.8, 4) is 0 Å². The van der Waals surface area contributed by atoms with Crippen LogP contribution in [-0.4, -0.2) is 12.6 Å². The Kier molecular flexibility index (Phi) is 2.99. The summed E-state index contributed by atoms with van der Waals surface area (Å²) < 4.78 is 0. The molecule has 1 atom stereocenters. The van der Waals surface area contributed by atoms with E-state index in [1.165, 1.54) is 18.4 Å². The molecule has 0 bridgehead atoms. The molecule has 2 nitrogen and oxygen atoms in total. The molecule has 3 heteroatoms. The maximum Gasteiger partial charge on any atom is 0.0449 e. The van der Waals surface area contributed by atoms with Crippen LogP contribution in [0.15, 0.2) is 23.1 Å². The van der Waals surface area contributed by atoms with Crippen LogP contribution in [-0.2, 0) is 6.42 Å². The van der Waals surface area contributed by atoms with Crippen molar-refractivity contribution < 1.29 is 0 Å². The van der Waals surface area contributed by atoms with Crippen molar-refractivity contribution in [3.05, 3.63) is 23.8 Å². The van der Waals surface area contributed by atoms with E-state index in [4.69, 9.17) is 5.73 Å². The van der Waals surface area contributed by atoms with Crippen molar-refractivity contribution in [2.24, 2.45) is 0 Å². The van der Waals surface area contributed by atoms with Crippen LogP contribution in [0, 0.1) is 0 Å². The Bertz CT molecular complexity index is 319. The van der Waals surface area contributed by atoms with Crippen molar-refractivity contribution in [1.29, 1.82) is 0 Å². The van der Waals surface area contributed by atoms with Gasteiger partial charge in [0.2, 0.25) is 0 Å². The molecular weight excluding hydrogens is 192 g/mol. The highest BCUT2D eigenvalue weighted by molar-refractivity contribution is 7.80. The van der Waals surface area contributed by atoms with Crippen molar-refractivity contribution in [1.82, 2.24) is 5.32 Å². The molecule has 1 aliphatic heterocycles. The summed E-state index contributed by atoms with van der Waals surface area (Å²) in [4.78, 5) is 0.889. The minimum Gasteiger partial charge on any atom is -0.398 e. The van der Waals surface area contributed by atoms with Crippen LogP contribution >= 0.6 is 12.6 Å². The van der Waals surface area contributed by atoms with Crippen LogP contribution in [0.25, 0.3) is 0 Å². The van der Waals surface area contributed by atoms with Gasteiger partial charge in [-0.05, 0) is 43.5 Å². The summed E-state index contributed by atoms with van der Waals surface area (Å²) in [7, 11) is 0. The SMILES string of the molecule is Nc1ccc(CC2CCCN2)cc1S. The lowest BCUT2D eigenvalue weighted by molar-refractivity contribution is 0.602. The highest BCUT2D eigenvalue weighted by Crippen LogP contribution is 2.20. The molecule has 1 aromatic carbocycles. The summed E-state index contributed by atoms with van der Waals surface area (Å²) >= 11 is 4.32. The van der Waals surface area contributed by atoms with E-state index in [1.54, 1.807) is 0 Å². The van der Waals surface area contributed by atoms with Gasteiger partial charge in [0.05, 0.1) is 0 Å². The monoisotopic (exact) mass is 208 g/mol. The third kappa shape index (κ3) is 2.22. The maximum absolute atomic E-state index is 5.70. The number of hydrogen-bond acceptors (Lipinski definition) is 3. The van der Waals surface area contributed by atoms with Crippen LogP contribution in [0.4, 0.5) is 5.69 Å². The standard InChI is InChI=1S/C11H16N2S/c12-10-4-3-8(7-11(10)14)6-9-2-1-5-13-9/h3-4,7,9,13-14H,1-2,5-6,12H2.